The van der Waals surface area contributed by atoms with E-state index in [2.05, 4.69) is 8.80 Å². The summed E-state index contributed by atoms with van der Waals surface area (Å²) in [7, 11) is -4.36. The van der Waals surface area contributed by atoms with Crippen molar-refractivity contribution in [3.8, 4) is 0 Å². The van der Waals surface area contributed by atoms with Gasteiger partial charge in [-0.15, -0.1) is 8.80 Å². The Balaban J connectivity index is 3.34. The van der Waals surface area contributed by atoms with Crippen LogP contribution in [0.3, 0.4) is 0 Å². The van der Waals surface area contributed by atoms with Crippen LogP contribution in [-0.2, 0) is 19.8 Å². The first kappa shape index (κ1) is 9.32. The summed E-state index contributed by atoms with van der Waals surface area (Å²) in [6.07, 6.45) is 0. The average Bonchev–Trinajstić information content (AvgIpc) is 2.26. The third-order valence-corrected chi connectivity index (χ3v) is 1.86. The maximum Gasteiger partial charge on any atom is 0.364 e. The van der Waals surface area contributed by atoms with Gasteiger partial charge in [-0.05, 0) is 0 Å². The van der Waals surface area contributed by atoms with Crippen molar-refractivity contribution in [3.63, 3.8) is 0 Å². The predicted octanol–water partition coefficient (Wildman–Crippen LogP) is -3.04. The van der Waals surface area contributed by atoms with Gasteiger partial charge >= 0.3 is 16.2 Å². The van der Waals surface area contributed by atoms with Crippen molar-refractivity contribution < 1.29 is 28.2 Å². The summed E-state index contributed by atoms with van der Waals surface area (Å²) in [5.74, 6) is -3.79. The molecule has 70 valence electrons. The van der Waals surface area contributed by atoms with Gasteiger partial charge in [-0.1, -0.05) is 0 Å². The molecule has 0 amide bonds. The van der Waals surface area contributed by atoms with Crippen molar-refractivity contribution in [3.05, 3.63) is 0 Å². The highest BCUT2D eigenvalue weighted by Crippen LogP contribution is 2.06. The van der Waals surface area contributed by atoms with Crippen molar-refractivity contribution in [2.75, 3.05) is 0 Å². The first-order valence-electron chi connectivity index (χ1n) is 2.73. The second-order valence-electron chi connectivity index (χ2n) is 1.92. The molecule has 1 aliphatic rings. The lowest BCUT2D eigenvalue weighted by Crippen LogP contribution is -2.38. The van der Waals surface area contributed by atoms with E-state index in [1.165, 1.54) is 0 Å². The number of rotatable bonds is 2. The molecule has 1 N–H and O–H groups in total. The highest BCUT2D eigenvalue weighted by atomic mass is 32.2. The molecule has 0 aromatic carbocycles. The fourth-order valence-corrected chi connectivity index (χ4v) is 1.44. The Morgan fingerprint density at radius 1 is 1.23 bits per heavy atom. The molecular weight excluding hydrogens is 204 g/mol. The molecule has 0 spiro atoms. The molecule has 9 heteroatoms. The Labute approximate surface area is 71.4 Å². The molecule has 1 aliphatic heterocycles. The lowest BCUT2D eigenvalue weighted by atomic mass is 10.2. The van der Waals surface area contributed by atoms with Gasteiger partial charge in [0.2, 0.25) is 0 Å². The molecule has 0 bridgehead atoms. The Morgan fingerprint density at radius 3 is 2.00 bits per heavy atom. The lowest BCUT2D eigenvalue weighted by molar-refractivity contribution is -0.293. The SMILES string of the molecule is O=C([O-])C1=NS(=O)(=O)N=C1C(=O)O. The smallest absolute Gasteiger partial charge is 0.364 e. The summed E-state index contributed by atoms with van der Waals surface area (Å²) < 4.78 is 26.2. The predicted molar refractivity (Wildman–Crippen MR) is 36.4 cm³/mol. The molecule has 0 saturated heterocycles. The Hall–Kier alpha value is -1.77. The molecule has 0 radical (unpaired) electrons. The van der Waals surface area contributed by atoms with Crippen molar-refractivity contribution in [1.29, 1.82) is 0 Å². The van der Waals surface area contributed by atoms with Gasteiger partial charge in [0.15, 0.2) is 5.71 Å². The molecular formula is C4HN2O6S-. The summed E-state index contributed by atoms with van der Waals surface area (Å²) in [4.78, 5) is 20.4. The van der Waals surface area contributed by atoms with Gasteiger partial charge in [-0.3, -0.25) is 0 Å². The van der Waals surface area contributed by atoms with E-state index in [0.29, 0.717) is 0 Å². The second-order valence-corrected chi connectivity index (χ2v) is 3.18. The number of hydrogen-bond acceptors (Lipinski definition) is 5. The topological polar surface area (TPSA) is 136 Å². The molecule has 8 nitrogen and oxygen atoms in total. The van der Waals surface area contributed by atoms with Crippen LogP contribution in [-0.4, -0.2) is 36.9 Å². The summed E-state index contributed by atoms with van der Waals surface area (Å²) in [5, 5.41) is 18.5. The van der Waals surface area contributed by atoms with E-state index >= 15 is 0 Å². The molecule has 13 heavy (non-hydrogen) atoms. The fourth-order valence-electron chi connectivity index (χ4n) is 0.612. The second kappa shape index (κ2) is 2.62. The lowest BCUT2D eigenvalue weighted by Gasteiger charge is -1.97. The standard InChI is InChI=1S/C4H2N2O6S/c7-3(8)1-2(4(9)10)6-13(11,12)5-1/h(H,7,8)(H,9,10)/p-1. The van der Waals surface area contributed by atoms with Crippen LogP contribution in [0.25, 0.3) is 0 Å². The number of hydrogen-bond donors (Lipinski definition) is 1. The number of nitrogens with zero attached hydrogens (tertiary/aromatic N) is 2. The fraction of sp³-hybridized carbons (Fsp3) is 0. The molecule has 0 aromatic rings. The minimum Gasteiger partial charge on any atom is -0.543 e. The van der Waals surface area contributed by atoms with Crippen LogP contribution in [0.1, 0.15) is 0 Å². The van der Waals surface area contributed by atoms with Crippen LogP contribution in [0.15, 0.2) is 8.80 Å². The van der Waals surface area contributed by atoms with Crippen LogP contribution in [0, 0.1) is 0 Å². The number of carbonyl (C=O) groups excluding carboxylic acids is 1. The third-order valence-electron chi connectivity index (χ3n) is 1.03. The van der Waals surface area contributed by atoms with E-state index in [4.69, 9.17) is 5.11 Å². The highest BCUT2D eigenvalue weighted by Gasteiger charge is 2.29. The summed E-state index contributed by atoms with van der Waals surface area (Å²) in [6, 6.07) is 0. The van der Waals surface area contributed by atoms with Gasteiger partial charge in [0, 0.05) is 0 Å². The van der Waals surface area contributed by atoms with Gasteiger partial charge in [-0.2, -0.15) is 8.42 Å². The highest BCUT2D eigenvalue weighted by molar-refractivity contribution is 7.90. The number of carboxylic acid groups (broad SMARTS) is 2. The van der Waals surface area contributed by atoms with E-state index in [9.17, 15) is 23.1 Å². The van der Waals surface area contributed by atoms with E-state index in [1.54, 1.807) is 0 Å². The van der Waals surface area contributed by atoms with Crippen LogP contribution >= 0.6 is 0 Å². The summed E-state index contributed by atoms with van der Waals surface area (Å²) in [5.41, 5.74) is -2.33. The Kier molecular flexibility index (Phi) is 1.88. The zero-order valence-corrected chi connectivity index (χ0v) is 6.61. The van der Waals surface area contributed by atoms with Crippen LogP contribution in [0.4, 0.5) is 0 Å². The van der Waals surface area contributed by atoms with E-state index in [0.717, 1.165) is 0 Å². The molecule has 1 heterocycles. The van der Waals surface area contributed by atoms with Gasteiger partial charge in [0.05, 0.1) is 5.97 Å². The Bertz CT molecular complexity index is 407. The molecule has 0 unspecified atom stereocenters. The number of aliphatic carboxylic acids is 2. The minimum atomic E-state index is -4.36. The van der Waals surface area contributed by atoms with Crippen molar-refractivity contribution >= 4 is 33.6 Å². The molecule has 0 aromatic heterocycles. The average molecular weight is 205 g/mol. The molecule has 1 rings (SSSR count). The quantitative estimate of drug-likeness (QED) is 0.508. The third kappa shape index (κ3) is 1.69. The zero-order valence-electron chi connectivity index (χ0n) is 5.79. The van der Waals surface area contributed by atoms with Gasteiger partial charge in [-0.25, -0.2) is 4.79 Å². The number of carboxylic acids is 2. The maximum absolute atomic E-state index is 10.5. The monoisotopic (exact) mass is 205 g/mol. The minimum absolute atomic E-state index is 1.14. The van der Waals surface area contributed by atoms with Gasteiger partial charge in [0.1, 0.15) is 5.71 Å². The first-order valence-corrected chi connectivity index (χ1v) is 4.13. The van der Waals surface area contributed by atoms with Gasteiger partial charge in [0.25, 0.3) is 0 Å². The van der Waals surface area contributed by atoms with E-state index in [1.807, 2.05) is 0 Å². The Morgan fingerprint density at radius 2 is 1.69 bits per heavy atom. The van der Waals surface area contributed by atoms with Crippen molar-refractivity contribution in [2.45, 2.75) is 0 Å². The number of carbonyl (C=O) groups is 2. The molecule has 0 saturated carbocycles. The maximum atomic E-state index is 10.5. The van der Waals surface area contributed by atoms with E-state index < -0.39 is 33.6 Å². The first-order chi connectivity index (χ1) is 5.83. The largest absolute Gasteiger partial charge is 0.543 e. The summed E-state index contributed by atoms with van der Waals surface area (Å²) >= 11 is 0. The molecule has 0 aliphatic carbocycles. The van der Waals surface area contributed by atoms with Crippen molar-refractivity contribution in [1.82, 2.24) is 0 Å². The molecule has 0 atom stereocenters. The van der Waals surface area contributed by atoms with Crippen LogP contribution in [0.5, 0.6) is 0 Å². The van der Waals surface area contributed by atoms with Crippen LogP contribution in [0.2, 0.25) is 0 Å². The molecule has 0 fully saturated rings. The normalized spacial score (nSPS) is 19.1. The van der Waals surface area contributed by atoms with E-state index in [-0.39, 0.29) is 0 Å². The summed E-state index contributed by atoms with van der Waals surface area (Å²) in [6.45, 7) is 0. The van der Waals surface area contributed by atoms with Gasteiger partial charge < -0.3 is 15.0 Å². The van der Waals surface area contributed by atoms with Crippen LogP contribution < -0.4 is 5.11 Å². The van der Waals surface area contributed by atoms with Crippen molar-refractivity contribution in [2.24, 2.45) is 8.80 Å². The zero-order chi connectivity index (χ0) is 10.2.